The van der Waals surface area contributed by atoms with Crippen molar-refractivity contribution in [3.05, 3.63) is 48.0 Å². The van der Waals surface area contributed by atoms with Crippen LogP contribution < -0.4 is 5.32 Å². The maximum Gasteiger partial charge on any atom is 0.316 e. The molecule has 3 heteroatoms. The van der Waals surface area contributed by atoms with E-state index in [1.807, 2.05) is 18.2 Å². The third-order valence-electron chi connectivity index (χ3n) is 5.74. The Morgan fingerprint density at radius 2 is 2.04 bits per heavy atom. The summed E-state index contributed by atoms with van der Waals surface area (Å²) in [4.78, 5) is 13.3. The van der Waals surface area contributed by atoms with E-state index >= 15 is 0 Å². The third-order valence-corrected chi connectivity index (χ3v) is 5.74. The molecule has 1 fully saturated rings. The van der Waals surface area contributed by atoms with Gasteiger partial charge in [0.25, 0.3) is 0 Å². The molecule has 3 unspecified atom stereocenters. The first-order valence-electron chi connectivity index (χ1n) is 9.81. The van der Waals surface area contributed by atoms with Crippen LogP contribution in [-0.4, -0.2) is 25.7 Å². The van der Waals surface area contributed by atoms with E-state index in [-0.39, 0.29) is 12.1 Å². The van der Waals surface area contributed by atoms with E-state index in [4.69, 9.17) is 4.74 Å². The number of hydrogen-bond donors (Lipinski definition) is 1. The lowest BCUT2D eigenvalue weighted by Gasteiger charge is -2.41. The van der Waals surface area contributed by atoms with Gasteiger partial charge in [0.2, 0.25) is 0 Å². The zero-order valence-corrected chi connectivity index (χ0v) is 16.1. The summed E-state index contributed by atoms with van der Waals surface area (Å²) in [6.07, 6.45) is 5.60. The second-order valence-corrected chi connectivity index (χ2v) is 7.30. The summed E-state index contributed by atoms with van der Waals surface area (Å²) < 4.78 is 6.06. The smallest absolute Gasteiger partial charge is 0.316 e. The number of nitrogens with two attached hydrogens (primary N) is 1. The molecule has 0 saturated heterocycles. The molecule has 0 spiro atoms. The fraction of sp³-hybridized carbons (Fsp3) is 0.591. The highest BCUT2D eigenvalue weighted by Crippen LogP contribution is 2.41. The van der Waals surface area contributed by atoms with E-state index in [1.165, 1.54) is 5.57 Å². The van der Waals surface area contributed by atoms with Crippen LogP contribution in [0.25, 0.3) is 0 Å². The van der Waals surface area contributed by atoms with Gasteiger partial charge in [0, 0.05) is 18.8 Å². The molecule has 0 radical (unpaired) electrons. The first-order chi connectivity index (χ1) is 12.1. The number of ether oxygens (including phenoxy) is 1. The Bertz CT molecular complexity index is 569. The summed E-state index contributed by atoms with van der Waals surface area (Å²) in [6.45, 7) is 9.46. The molecule has 0 aromatic heterocycles. The highest BCUT2D eigenvalue weighted by Gasteiger charge is 2.44. The van der Waals surface area contributed by atoms with Gasteiger partial charge in [-0.05, 0) is 18.4 Å². The highest BCUT2D eigenvalue weighted by molar-refractivity contribution is 5.83. The van der Waals surface area contributed by atoms with Crippen LogP contribution in [0, 0.1) is 5.92 Å². The molecule has 1 aromatic carbocycles. The molecule has 3 atom stereocenters. The van der Waals surface area contributed by atoms with Gasteiger partial charge < -0.3 is 10.1 Å². The average molecular weight is 345 g/mol. The van der Waals surface area contributed by atoms with Gasteiger partial charge in [0.1, 0.15) is 6.10 Å². The van der Waals surface area contributed by atoms with Crippen LogP contribution in [0.2, 0.25) is 0 Å². The van der Waals surface area contributed by atoms with Crippen molar-refractivity contribution in [3.63, 3.8) is 0 Å². The normalized spacial score (nSPS) is 22.1. The SMILES string of the molecule is C=C1CC(OC(=O)C(CC)(CCCC)c2ccccc2)C1CC[NH2+]C. The fourth-order valence-electron chi connectivity index (χ4n) is 3.89. The summed E-state index contributed by atoms with van der Waals surface area (Å²) in [5.74, 6) is 0.286. The van der Waals surface area contributed by atoms with Gasteiger partial charge in [-0.2, -0.15) is 0 Å². The summed E-state index contributed by atoms with van der Waals surface area (Å²) >= 11 is 0. The minimum Gasteiger partial charge on any atom is -0.461 e. The van der Waals surface area contributed by atoms with Crippen molar-refractivity contribution in [2.24, 2.45) is 5.92 Å². The minimum absolute atomic E-state index is 0.0104. The molecular formula is C22H34NO2+. The zero-order valence-electron chi connectivity index (χ0n) is 16.1. The molecule has 1 saturated carbocycles. The minimum atomic E-state index is -0.518. The van der Waals surface area contributed by atoms with Crippen LogP contribution in [0.5, 0.6) is 0 Å². The summed E-state index contributed by atoms with van der Waals surface area (Å²) in [5.41, 5.74) is 1.80. The lowest BCUT2D eigenvalue weighted by Crippen LogP contribution is -2.80. The summed E-state index contributed by atoms with van der Waals surface area (Å²) in [5, 5.41) is 2.17. The Hall–Kier alpha value is -1.61. The van der Waals surface area contributed by atoms with Crippen LogP contribution in [-0.2, 0) is 14.9 Å². The van der Waals surface area contributed by atoms with Crippen molar-refractivity contribution in [1.29, 1.82) is 0 Å². The molecule has 2 N–H and O–H groups in total. The lowest BCUT2D eigenvalue weighted by atomic mass is 9.72. The van der Waals surface area contributed by atoms with Crippen molar-refractivity contribution in [2.45, 2.75) is 63.9 Å². The molecule has 0 aliphatic heterocycles. The van der Waals surface area contributed by atoms with E-state index in [9.17, 15) is 4.79 Å². The molecule has 3 nitrogen and oxygen atoms in total. The largest absolute Gasteiger partial charge is 0.461 e. The van der Waals surface area contributed by atoms with E-state index in [0.717, 1.165) is 50.6 Å². The van der Waals surface area contributed by atoms with Crippen molar-refractivity contribution in [1.82, 2.24) is 0 Å². The number of rotatable bonds is 10. The van der Waals surface area contributed by atoms with Gasteiger partial charge in [-0.15, -0.1) is 0 Å². The van der Waals surface area contributed by atoms with Crippen LogP contribution in [0.15, 0.2) is 42.5 Å². The first kappa shape index (κ1) is 19.7. The number of hydrogen-bond acceptors (Lipinski definition) is 2. The van der Waals surface area contributed by atoms with Crippen LogP contribution in [0.4, 0.5) is 0 Å². The maximum absolute atomic E-state index is 13.3. The zero-order chi connectivity index (χ0) is 18.3. The monoisotopic (exact) mass is 344 g/mol. The molecule has 1 aliphatic rings. The molecular weight excluding hydrogens is 310 g/mol. The van der Waals surface area contributed by atoms with E-state index in [1.54, 1.807) is 0 Å². The van der Waals surface area contributed by atoms with Gasteiger partial charge >= 0.3 is 5.97 Å². The Kier molecular flexibility index (Phi) is 7.24. The van der Waals surface area contributed by atoms with Crippen LogP contribution >= 0.6 is 0 Å². The molecule has 0 amide bonds. The van der Waals surface area contributed by atoms with E-state index in [2.05, 4.69) is 44.9 Å². The molecule has 138 valence electrons. The number of benzene rings is 1. The van der Waals surface area contributed by atoms with Crippen molar-refractivity contribution < 1.29 is 14.8 Å². The molecule has 25 heavy (non-hydrogen) atoms. The van der Waals surface area contributed by atoms with Gasteiger partial charge in [-0.25, -0.2) is 0 Å². The number of quaternary nitrogens is 1. The predicted molar refractivity (Wildman–Crippen MR) is 102 cm³/mol. The van der Waals surface area contributed by atoms with E-state index in [0.29, 0.717) is 5.92 Å². The third kappa shape index (κ3) is 4.33. The molecule has 1 aromatic rings. The molecule has 0 heterocycles. The van der Waals surface area contributed by atoms with Crippen LogP contribution in [0.1, 0.15) is 57.9 Å². The van der Waals surface area contributed by atoms with Gasteiger partial charge in [-0.1, -0.05) is 69.2 Å². The molecule has 0 bridgehead atoms. The number of carbonyl (C=O) groups excluding carboxylic acids is 1. The highest BCUT2D eigenvalue weighted by atomic mass is 16.5. The van der Waals surface area contributed by atoms with Gasteiger partial charge in [0.05, 0.1) is 19.0 Å². The fourth-order valence-corrected chi connectivity index (χ4v) is 3.89. The Morgan fingerprint density at radius 1 is 1.32 bits per heavy atom. The topological polar surface area (TPSA) is 42.9 Å². The van der Waals surface area contributed by atoms with Crippen molar-refractivity contribution >= 4 is 5.97 Å². The second-order valence-electron chi connectivity index (χ2n) is 7.30. The Morgan fingerprint density at radius 3 is 2.60 bits per heavy atom. The standard InChI is InChI=1S/C22H33NO2/c1-5-7-14-22(6-2,18-11-9-8-10-12-18)21(24)25-20-16-17(3)19(20)13-15-23-4/h8-12,19-20,23H,3,5-7,13-16H2,1-2,4H3/p+1. The van der Waals surface area contributed by atoms with Gasteiger partial charge in [0.15, 0.2) is 0 Å². The number of carbonyl (C=O) groups is 1. The average Bonchev–Trinajstić information content (AvgIpc) is 2.63. The number of unbranched alkanes of at least 4 members (excludes halogenated alkanes) is 1. The van der Waals surface area contributed by atoms with Crippen molar-refractivity contribution in [2.75, 3.05) is 13.6 Å². The molecule has 1 aliphatic carbocycles. The van der Waals surface area contributed by atoms with E-state index < -0.39 is 5.41 Å². The molecule has 2 rings (SSSR count). The van der Waals surface area contributed by atoms with Crippen molar-refractivity contribution in [3.8, 4) is 0 Å². The number of esters is 1. The first-order valence-corrected chi connectivity index (χ1v) is 9.81. The lowest BCUT2D eigenvalue weighted by molar-refractivity contribution is -0.628. The maximum atomic E-state index is 13.3. The second kappa shape index (κ2) is 9.19. The summed E-state index contributed by atoms with van der Waals surface area (Å²) in [7, 11) is 2.07. The summed E-state index contributed by atoms with van der Waals surface area (Å²) in [6, 6.07) is 10.2. The quantitative estimate of drug-likeness (QED) is 0.520. The Labute approximate surface area is 152 Å². The van der Waals surface area contributed by atoms with Gasteiger partial charge in [-0.3, -0.25) is 4.79 Å². The Balaban J connectivity index is 2.17. The van der Waals surface area contributed by atoms with Crippen LogP contribution in [0.3, 0.4) is 0 Å². The predicted octanol–water partition coefficient (Wildman–Crippen LogP) is 3.60.